The monoisotopic (exact) mass is 544 g/mol. The largest absolute Gasteiger partial charge is 0.506 e. The highest BCUT2D eigenvalue weighted by Crippen LogP contribution is 2.28. The first-order valence-corrected chi connectivity index (χ1v) is 12.3. The second-order valence-electron chi connectivity index (χ2n) is 8.56. The Bertz CT molecular complexity index is 1540. The van der Waals surface area contributed by atoms with Crippen LogP contribution < -0.4 is 21.2 Å². The third kappa shape index (κ3) is 7.12. The van der Waals surface area contributed by atoms with E-state index in [4.69, 9.17) is 22.1 Å². The van der Waals surface area contributed by atoms with Crippen LogP contribution in [0.4, 0.5) is 0 Å². The Kier molecular flexibility index (Phi) is 8.75. The van der Waals surface area contributed by atoms with E-state index in [2.05, 4.69) is 15.8 Å². The number of phenolic OH excluding ortho intramolecular Hbond substituents is 1. The molecule has 0 radical (unpaired) electrons. The van der Waals surface area contributed by atoms with E-state index in [9.17, 15) is 19.5 Å². The molecule has 0 aliphatic heterocycles. The van der Waals surface area contributed by atoms with E-state index in [-0.39, 0.29) is 29.4 Å². The Morgan fingerprint density at radius 1 is 0.974 bits per heavy atom. The van der Waals surface area contributed by atoms with E-state index in [1.54, 1.807) is 12.1 Å². The highest BCUT2D eigenvalue weighted by Gasteiger charge is 2.19. The molecule has 4 rings (SSSR count). The fourth-order valence-corrected chi connectivity index (χ4v) is 4.04. The molecule has 0 spiro atoms. The van der Waals surface area contributed by atoms with Crippen LogP contribution >= 0.6 is 11.6 Å². The zero-order valence-electron chi connectivity index (χ0n) is 20.6. The van der Waals surface area contributed by atoms with Gasteiger partial charge in [0, 0.05) is 22.9 Å². The van der Waals surface area contributed by atoms with Crippen molar-refractivity contribution in [2.24, 2.45) is 10.8 Å². The number of halogens is 1. The average Bonchev–Trinajstić information content (AvgIpc) is 2.94. The van der Waals surface area contributed by atoms with Crippen molar-refractivity contribution in [1.82, 2.24) is 10.7 Å². The van der Waals surface area contributed by atoms with Gasteiger partial charge in [-0.1, -0.05) is 66.2 Å². The van der Waals surface area contributed by atoms with Gasteiger partial charge >= 0.3 is 0 Å². The number of primary amides is 1. The molecule has 0 heterocycles. The van der Waals surface area contributed by atoms with Crippen molar-refractivity contribution in [3.63, 3.8) is 0 Å². The minimum absolute atomic E-state index is 0.0586. The number of fused-ring (bicyclic) bond motifs is 1. The van der Waals surface area contributed by atoms with E-state index < -0.39 is 23.8 Å². The van der Waals surface area contributed by atoms with Gasteiger partial charge in [0.25, 0.3) is 11.8 Å². The van der Waals surface area contributed by atoms with Crippen molar-refractivity contribution in [1.29, 1.82) is 0 Å². The van der Waals surface area contributed by atoms with Gasteiger partial charge < -0.3 is 20.9 Å². The maximum Gasteiger partial charge on any atom is 0.271 e. The van der Waals surface area contributed by atoms with E-state index in [0.29, 0.717) is 11.3 Å². The van der Waals surface area contributed by atoms with Crippen LogP contribution in [0.3, 0.4) is 0 Å². The predicted octanol–water partition coefficient (Wildman–Crippen LogP) is 3.55. The van der Waals surface area contributed by atoms with Crippen LogP contribution in [0, 0.1) is 0 Å². The number of aromatic hydroxyl groups is 1. The molecule has 4 aromatic carbocycles. The summed E-state index contributed by atoms with van der Waals surface area (Å²) in [4.78, 5) is 36.8. The van der Waals surface area contributed by atoms with Crippen LogP contribution in [0.15, 0.2) is 90.0 Å². The van der Waals surface area contributed by atoms with E-state index in [1.807, 2.05) is 54.6 Å². The van der Waals surface area contributed by atoms with E-state index in [1.165, 1.54) is 24.4 Å². The number of carbonyl (C=O) groups is 3. The number of amides is 3. The van der Waals surface area contributed by atoms with Gasteiger partial charge in [-0.25, -0.2) is 5.43 Å². The molecule has 4 aromatic rings. The van der Waals surface area contributed by atoms with Crippen molar-refractivity contribution in [3.05, 3.63) is 107 Å². The predicted molar refractivity (Wildman–Crippen MR) is 149 cm³/mol. The second-order valence-corrected chi connectivity index (χ2v) is 8.97. The van der Waals surface area contributed by atoms with Gasteiger partial charge in [0.1, 0.15) is 17.5 Å². The highest BCUT2D eigenvalue weighted by atomic mass is 35.5. The first-order valence-electron chi connectivity index (χ1n) is 11.9. The molecule has 39 heavy (non-hydrogen) atoms. The standard InChI is InChI=1S/C29H25ClN4O5/c30-23-15-19(10-12-25(23)35)29(38)34-32-16-20-11-13-26(22-9-5-4-8-21(20)22)39-17-27(36)33-24(28(31)37)14-18-6-2-1-3-7-18/h1-13,15-16,24,35H,14,17H2,(H2,31,37)(H,33,36)(H,34,38)/b32-16+/t24-/m0/s1. The van der Waals surface area contributed by atoms with Crippen molar-refractivity contribution in [3.8, 4) is 11.5 Å². The molecule has 0 bridgehead atoms. The maximum absolute atomic E-state index is 12.6. The molecular formula is C29H25ClN4O5. The second kappa shape index (κ2) is 12.6. The lowest BCUT2D eigenvalue weighted by molar-refractivity contribution is -0.128. The number of carbonyl (C=O) groups excluding carboxylic acids is 3. The summed E-state index contributed by atoms with van der Waals surface area (Å²) in [6.45, 7) is -0.318. The molecule has 10 heteroatoms. The maximum atomic E-state index is 12.6. The number of phenols is 1. The molecule has 5 N–H and O–H groups in total. The van der Waals surface area contributed by atoms with Crippen LogP contribution in [0.5, 0.6) is 11.5 Å². The molecule has 0 aliphatic carbocycles. The summed E-state index contributed by atoms with van der Waals surface area (Å²) < 4.78 is 5.78. The minimum atomic E-state index is -0.869. The van der Waals surface area contributed by atoms with Gasteiger partial charge in [-0.3, -0.25) is 14.4 Å². The Balaban J connectivity index is 1.41. The average molecular weight is 545 g/mol. The third-order valence-electron chi connectivity index (χ3n) is 5.82. The number of nitrogens with one attached hydrogen (secondary N) is 2. The van der Waals surface area contributed by atoms with Crippen LogP contribution in [0.2, 0.25) is 5.02 Å². The zero-order chi connectivity index (χ0) is 27.8. The molecule has 0 saturated heterocycles. The molecular weight excluding hydrogens is 520 g/mol. The summed E-state index contributed by atoms with van der Waals surface area (Å²) in [6, 6.07) is 23.3. The normalized spacial score (nSPS) is 11.7. The molecule has 0 aromatic heterocycles. The lowest BCUT2D eigenvalue weighted by Crippen LogP contribution is -2.47. The number of hydrazone groups is 1. The third-order valence-corrected chi connectivity index (χ3v) is 6.12. The molecule has 0 unspecified atom stereocenters. The molecule has 0 fully saturated rings. The van der Waals surface area contributed by atoms with Gasteiger partial charge in [-0.15, -0.1) is 0 Å². The van der Waals surface area contributed by atoms with Crippen molar-refractivity contribution >= 4 is 46.3 Å². The molecule has 3 amide bonds. The van der Waals surface area contributed by atoms with Gasteiger partial charge in [-0.2, -0.15) is 5.10 Å². The van der Waals surface area contributed by atoms with E-state index >= 15 is 0 Å². The SMILES string of the molecule is NC(=O)[C@H](Cc1ccccc1)NC(=O)COc1ccc(/C=N/NC(=O)c2ccc(O)c(Cl)c2)c2ccccc12. The molecule has 0 aliphatic rings. The summed E-state index contributed by atoms with van der Waals surface area (Å²) in [5.74, 6) is -1.28. The Morgan fingerprint density at radius 2 is 1.69 bits per heavy atom. The molecule has 198 valence electrons. The highest BCUT2D eigenvalue weighted by molar-refractivity contribution is 6.32. The number of hydrogen-bond donors (Lipinski definition) is 4. The fraction of sp³-hybridized carbons (Fsp3) is 0.103. The number of hydrogen-bond acceptors (Lipinski definition) is 6. The van der Waals surface area contributed by atoms with Gasteiger partial charge in [-0.05, 0) is 41.3 Å². The first kappa shape index (κ1) is 27.2. The molecule has 0 saturated carbocycles. The van der Waals surface area contributed by atoms with Crippen LogP contribution in [0.25, 0.3) is 10.8 Å². The van der Waals surface area contributed by atoms with Gasteiger partial charge in [0.2, 0.25) is 5.91 Å². The molecule has 1 atom stereocenters. The first-order chi connectivity index (χ1) is 18.8. The summed E-state index contributed by atoms with van der Waals surface area (Å²) in [5, 5.41) is 17.7. The fourth-order valence-electron chi connectivity index (χ4n) is 3.86. The van der Waals surface area contributed by atoms with Crippen LogP contribution in [-0.4, -0.2) is 41.7 Å². The Labute approximate surface area is 229 Å². The summed E-state index contributed by atoms with van der Waals surface area (Å²) in [5.41, 5.74) is 9.72. The van der Waals surface area contributed by atoms with Crippen molar-refractivity contribution in [2.75, 3.05) is 6.61 Å². The van der Waals surface area contributed by atoms with E-state index in [0.717, 1.165) is 16.3 Å². The van der Waals surface area contributed by atoms with Crippen LogP contribution in [0.1, 0.15) is 21.5 Å². The summed E-state index contributed by atoms with van der Waals surface area (Å²) >= 11 is 5.86. The van der Waals surface area contributed by atoms with Crippen molar-refractivity contribution in [2.45, 2.75) is 12.5 Å². The minimum Gasteiger partial charge on any atom is -0.506 e. The topological polar surface area (TPSA) is 143 Å². The lowest BCUT2D eigenvalue weighted by Gasteiger charge is -2.16. The Morgan fingerprint density at radius 3 is 2.41 bits per heavy atom. The number of nitrogens with two attached hydrogens (primary N) is 1. The number of ether oxygens (including phenoxy) is 1. The van der Waals surface area contributed by atoms with Gasteiger partial charge in [0.15, 0.2) is 6.61 Å². The lowest BCUT2D eigenvalue weighted by atomic mass is 10.0. The molecule has 9 nitrogen and oxygen atoms in total. The number of benzene rings is 4. The zero-order valence-corrected chi connectivity index (χ0v) is 21.4. The summed E-state index contributed by atoms with van der Waals surface area (Å²) in [7, 11) is 0. The number of nitrogens with zero attached hydrogens (tertiary/aromatic N) is 1. The van der Waals surface area contributed by atoms with Gasteiger partial charge in [0.05, 0.1) is 11.2 Å². The van der Waals surface area contributed by atoms with Crippen molar-refractivity contribution < 1.29 is 24.2 Å². The number of rotatable bonds is 10. The summed E-state index contributed by atoms with van der Waals surface area (Å²) in [6.07, 6.45) is 1.76. The smallest absolute Gasteiger partial charge is 0.271 e. The van der Waals surface area contributed by atoms with Crippen LogP contribution in [-0.2, 0) is 16.0 Å². The quantitative estimate of drug-likeness (QED) is 0.178. The Hall–Kier alpha value is -4.89.